The van der Waals surface area contributed by atoms with E-state index in [9.17, 15) is 8.42 Å². The predicted molar refractivity (Wildman–Crippen MR) is 115 cm³/mol. The third-order valence-corrected chi connectivity index (χ3v) is 7.42. The minimum Gasteiger partial charge on any atom is -0.280 e. The lowest BCUT2D eigenvalue weighted by molar-refractivity contribution is 0.467. The average Bonchev–Trinajstić information content (AvgIpc) is 3.35. The first-order valence-corrected chi connectivity index (χ1v) is 11.7. The van der Waals surface area contributed by atoms with Gasteiger partial charge in [0.2, 0.25) is 0 Å². The fourth-order valence-electron chi connectivity index (χ4n) is 3.64. The summed E-state index contributed by atoms with van der Waals surface area (Å²) < 4.78 is 32.0. The molecule has 1 aromatic heterocycles. The first kappa shape index (κ1) is 19.2. The van der Waals surface area contributed by atoms with Gasteiger partial charge in [0, 0.05) is 21.9 Å². The molecular formula is C21H22BrN3O2S. The van der Waals surface area contributed by atoms with Gasteiger partial charge in [-0.25, -0.2) is 8.42 Å². The number of sulfonamides is 1. The molecule has 1 fully saturated rings. The molecule has 0 bridgehead atoms. The summed E-state index contributed by atoms with van der Waals surface area (Å²) in [5.74, 6) is 0. The molecule has 4 rings (SSSR count). The zero-order valence-electron chi connectivity index (χ0n) is 15.6. The quantitative estimate of drug-likeness (QED) is 0.544. The highest BCUT2D eigenvalue weighted by molar-refractivity contribution is 9.10. The van der Waals surface area contributed by atoms with Crippen LogP contribution in [0.25, 0.3) is 11.3 Å². The summed E-state index contributed by atoms with van der Waals surface area (Å²) in [4.78, 5) is 0.214. The summed E-state index contributed by atoms with van der Waals surface area (Å²) in [6, 6.07) is 15.2. The van der Waals surface area contributed by atoms with Crippen LogP contribution in [0.4, 0.5) is 5.69 Å². The van der Waals surface area contributed by atoms with Gasteiger partial charge in [-0.15, -0.1) is 0 Å². The Morgan fingerprint density at radius 2 is 1.82 bits per heavy atom. The summed E-state index contributed by atoms with van der Waals surface area (Å²) >= 11 is 3.45. The minimum absolute atomic E-state index is 0.214. The third kappa shape index (κ3) is 3.86. The topological polar surface area (TPSA) is 64.0 Å². The molecule has 0 unspecified atom stereocenters. The molecule has 1 heterocycles. The van der Waals surface area contributed by atoms with E-state index in [1.807, 2.05) is 54.1 Å². The highest BCUT2D eigenvalue weighted by Crippen LogP contribution is 2.34. The van der Waals surface area contributed by atoms with E-state index in [0.717, 1.165) is 41.3 Å². The van der Waals surface area contributed by atoms with Gasteiger partial charge in [-0.3, -0.25) is 9.40 Å². The molecule has 5 nitrogen and oxygen atoms in total. The van der Waals surface area contributed by atoms with Crippen LogP contribution in [-0.4, -0.2) is 18.2 Å². The van der Waals surface area contributed by atoms with Gasteiger partial charge in [0.1, 0.15) is 10.6 Å². The molecule has 1 saturated carbocycles. The van der Waals surface area contributed by atoms with Crippen LogP contribution in [0.3, 0.4) is 0 Å². The number of nitrogens with one attached hydrogen (secondary N) is 1. The average molecular weight is 460 g/mol. The molecule has 0 spiro atoms. The second-order valence-corrected chi connectivity index (χ2v) is 9.70. The summed E-state index contributed by atoms with van der Waals surface area (Å²) in [5.41, 5.74) is 2.79. The van der Waals surface area contributed by atoms with Crippen molar-refractivity contribution in [1.82, 2.24) is 9.78 Å². The van der Waals surface area contributed by atoms with Gasteiger partial charge < -0.3 is 0 Å². The lowest BCUT2D eigenvalue weighted by atomic mass is 10.2. The van der Waals surface area contributed by atoms with Gasteiger partial charge in [0.25, 0.3) is 10.0 Å². The van der Waals surface area contributed by atoms with E-state index in [1.54, 1.807) is 12.3 Å². The molecule has 7 heteroatoms. The molecule has 0 saturated heterocycles. The van der Waals surface area contributed by atoms with Gasteiger partial charge in [-0.1, -0.05) is 59.1 Å². The first-order chi connectivity index (χ1) is 13.4. The second-order valence-electron chi connectivity index (χ2n) is 7.20. The molecule has 0 amide bonds. The van der Waals surface area contributed by atoms with E-state index in [0.29, 0.717) is 11.4 Å². The van der Waals surface area contributed by atoms with Crippen molar-refractivity contribution in [2.45, 2.75) is 43.5 Å². The Morgan fingerprint density at radius 3 is 2.50 bits per heavy atom. The number of halogens is 1. The number of aryl methyl sites for hydroxylation is 1. The molecule has 2 aromatic carbocycles. The SMILES string of the molecule is Cc1cc(NS(=O)(=O)c2cn(C3CCCC3)nc2-c2ccccc2)ccc1Br. The molecule has 1 aliphatic carbocycles. The highest BCUT2D eigenvalue weighted by atomic mass is 79.9. The Bertz CT molecular complexity index is 1090. The fraction of sp³-hybridized carbons (Fsp3) is 0.286. The van der Waals surface area contributed by atoms with E-state index in [-0.39, 0.29) is 10.9 Å². The number of hydrogen-bond acceptors (Lipinski definition) is 3. The summed E-state index contributed by atoms with van der Waals surface area (Å²) in [5, 5.41) is 4.69. The van der Waals surface area contributed by atoms with Crippen LogP contribution in [-0.2, 0) is 10.0 Å². The zero-order chi connectivity index (χ0) is 19.7. The smallest absolute Gasteiger partial charge is 0.265 e. The zero-order valence-corrected chi connectivity index (χ0v) is 18.0. The van der Waals surface area contributed by atoms with E-state index >= 15 is 0 Å². The summed E-state index contributed by atoms with van der Waals surface area (Å²) in [6.07, 6.45) is 6.07. The standard InChI is InChI=1S/C21H22BrN3O2S/c1-15-13-17(11-12-19(15)22)24-28(26,27)20-14-25(18-9-5-6-10-18)23-21(20)16-7-3-2-4-8-16/h2-4,7-8,11-14,18,24H,5-6,9-10H2,1H3. The highest BCUT2D eigenvalue weighted by Gasteiger charge is 2.27. The fourth-order valence-corrected chi connectivity index (χ4v) is 5.10. The first-order valence-electron chi connectivity index (χ1n) is 9.37. The largest absolute Gasteiger partial charge is 0.280 e. The molecule has 1 N–H and O–H groups in total. The maximum atomic E-state index is 13.2. The monoisotopic (exact) mass is 459 g/mol. The number of rotatable bonds is 5. The second kappa shape index (κ2) is 7.72. The number of hydrogen-bond donors (Lipinski definition) is 1. The van der Waals surface area contributed by atoms with Crippen LogP contribution in [0, 0.1) is 6.92 Å². The van der Waals surface area contributed by atoms with Gasteiger partial charge in [-0.05, 0) is 43.5 Å². The maximum absolute atomic E-state index is 13.2. The van der Waals surface area contributed by atoms with Crippen molar-refractivity contribution < 1.29 is 8.42 Å². The van der Waals surface area contributed by atoms with Gasteiger partial charge >= 0.3 is 0 Å². The summed E-state index contributed by atoms with van der Waals surface area (Å²) in [6.45, 7) is 1.93. The van der Waals surface area contributed by atoms with Crippen molar-refractivity contribution in [2.75, 3.05) is 4.72 Å². The Labute approximate surface area is 174 Å². The van der Waals surface area contributed by atoms with Crippen molar-refractivity contribution in [1.29, 1.82) is 0 Å². The van der Waals surface area contributed by atoms with Crippen LogP contribution >= 0.6 is 15.9 Å². The van der Waals surface area contributed by atoms with E-state index in [2.05, 4.69) is 20.7 Å². The maximum Gasteiger partial charge on any atom is 0.265 e. The van der Waals surface area contributed by atoms with Crippen LogP contribution in [0.2, 0.25) is 0 Å². The molecule has 146 valence electrons. The van der Waals surface area contributed by atoms with Gasteiger partial charge in [0.15, 0.2) is 0 Å². The lowest BCUT2D eigenvalue weighted by Gasteiger charge is -2.10. The summed E-state index contributed by atoms with van der Waals surface area (Å²) in [7, 11) is -3.78. The van der Waals surface area contributed by atoms with Crippen LogP contribution < -0.4 is 4.72 Å². The third-order valence-electron chi connectivity index (χ3n) is 5.14. The number of nitrogens with zero attached hydrogens (tertiary/aromatic N) is 2. The number of benzene rings is 2. The van der Waals surface area contributed by atoms with Crippen molar-refractivity contribution in [3.63, 3.8) is 0 Å². The van der Waals surface area contributed by atoms with Crippen molar-refractivity contribution >= 4 is 31.6 Å². The minimum atomic E-state index is -3.78. The Morgan fingerprint density at radius 1 is 1.11 bits per heavy atom. The molecular weight excluding hydrogens is 438 g/mol. The lowest BCUT2D eigenvalue weighted by Crippen LogP contribution is -2.13. The van der Waals surface area contributed by atoms with Crippen molar-refractivity contribution in [2.24, 2.45) is 0 Å². The normalized spacial score (nSPS) is 15.1. The van der Waals surface area contributed by atoms with Crippen LogP contribution in [0.15, 0.2) is 64.1 Å². The van der Waals surface area contributed by atoms with E-state index < -0.39 is 10.0 Å². The molecule has 3 aromatic rings. The Hall–Kier alpha value is -2.12. The molecule has 0 atom stereocenters. The van der Waals surface area contributed by atoms with Gasteiger partial charge in [0.05, 0.1) is 6.04 Å². The molecule has 1 aliphatic rings. The van der Waals surface area contributed by atoms with Crippen LogP contribution in [0.1, 0.15) is 37.3 Å². The predicted octanol–water partition coefficient (Wildman–Crippen LogP) is 5.54. The van der Waals surface area contributed by atoms with Gasteiger partial charge in [-0.2, -0.15) is 5.10 Å². The van der Waals surface area contributed by atoms with E-state index in [4.69, 9.17) is 5.10 Å². The number of anilines is 1. The molecule has 0 aliphatic heterocycles. The van der Waals surface area contributed by atoms with Crippen LogP contribution in [0.5, 0.6) is 0 Å². The Kier molecular flexibility index (Phi) is 5.29. The Balaban J connectivity index is 1.76. The molecule has 0 radical (unpaired) electrons. The number of aromatic nitrogens is 2. The van der Waals surface area contributed by atoms with E-state index in [1.165, 1.54) is 0 Å². The van der Waals surface area contributed by atoms with Crippen molar-refractivity contribution in [3.8, 4) is 11.3 Å². The van der Waals surface area contributed by atoms with Crippen molar-refractivity contribution in [3.05, 3.63) is 64.8 Å². The molecule has 28 heavy (non-hydrogen) atoms.